The average molecular weight is 204 g/mol. The second-order valence-electron chi connectivity index (χ2n) is 2.53. The van der Waals surface area contributed by atoms with Crippen molar-refractivity contribution in [3.8, 4) is 0 Å². The Hall–Kier alpha value is -1.52. The van der Waals surface area contributed by atoms with Gasteiger partial charge < -0.3 is 4.74 Å². The molecule has 0 atom stereocenters. The molecule has 0 fully saturated rings. The fourth-order valence-electron chi connectivity index (χ4n) is 0.796. The Balaban J connectivity index is 2.69. The lowest BCUT2D eigenvalue weighted by atomic mass is 10.2. The van der Waals surface area contributed by atoms with E-state index >= 15 is 0 Å². The fourth-order valence-corrected chi connectivity index (χ4v) is 0.796. The largest absolute Gasteiger partial charge is 0.429 e. The van der Waals surface area contributed by atoms with Crippen molar-refractivity contribution in [1.29, 1.82) is 0 Å². The molecule has 0 aliphatic rings. The molecule has 1 aromatic rings. The first-order valence-corrected chi connectivity index (χ1v) is 3.77. The van der Waals surface area contributed by atoms with Crippen molar-refractivity contribution in [2.45, 2.75) is 6.11 Å². The van der Waals surface area contributed by atoms with Crippen LogP contribution >= 0.6 is 0 Å². The third-order valence-corrected chi connectivity index (χ3v) is 1.41. The number of esters is 1. The molecule has 0 saturated heterocycles. The van der Waals surface area contributed by atoms with Crippen LogP contribution in [-0.4, -0.2) is 18.8 Å². The van der Waals surface area contributed by atoms with E-state index in [0.717, 1.165) is 0 Å². The van der Waals surface area contributed by atoms with Crippen LogP contribution in [0.25, 0.3) is 0 Å². The van der Waals surface area contributed by atoms with E-state index in [1.54, 1.807) is 6.07 Å². The Bertz CT molecular complexity index is 311. The van der Waals surface area contributed by atoms with Gasteiger partial charge in [0.25, 0.3) is 0 Å². The maximum atomic E-state index is 12.3. The van der Waals surface area contributed by atoms with E-state index in [4.69, 9.17) is 0 Å². The number of benzene rings is 1. The van der Waals surface area contributed by atoms with Crippen LogP contribution in [0.2, 0.25) is 0 Å². The van der Waals surface area contributed by atoms with Gasteiger partial charge in [-0.3, -0.25) is 0 Å². The fraction of sp³-hybridized carbons (Fsp3) is 0.222. The minimum atomic E-state index is -4.05. The van der Waals surface area contributed by atoms with Crippen molar-refractivity contribution in [3.05, 3.63) is 35.9 Å². The molecular weight excluding hydrogens is 197 g/mol. The van der Waals surface area contributed by atoms with Gasteiger partial charge in [0.15, 0.2) is 6.67 Å². The molecule has 0 saturated carbocycles. The van der Waals surface area contributed by atoms with Gasteiger partial charge in [-0.05, 0) is 12.1 Å². The molecule has 1 aromatic carbocycles. The van der Waals surface area contributed by atoms with Gasteiger partial charge in [-0.1, -0.05) is 18.2 Å². The number of alkyl halides is 3. The van der Waals surface area contributed by atoms with Gasteiger partial charge in [-0.25, -0.2) is 9.18 Å². The Morgan fingerprint density at radius 3 is 2.36 bits per heavy atom. The lowest BCUT2D eigenvalue weighted by Crippen LogP contribution is -2.27. The predicted molar refractivity (Wildman–Crippen MR) is 42.8 cm³/mol. The molecule has 0 aromatic heterocycles. The van der Waals surface area contributed by atoms with E-state index in [2.05, 4.69) is 4.74 Å². The van der Waals surface area contributed by atoms with E-state index in [9.17, 15) is 18.0 Å². The number of hydrogen-bond acceptors (Lipinski definition) is 2. The molecule has 0 aliphatic heterocycles. The summed E-state index contributed by atoms with van der Waals surface area (Å²) in [5.74, 6) is -1.24. The quantitative estimate of drug-likeness (QED) is 0.706. The highest BCUT2D eigenvalue weighted by atomic mass is 19.3. The summed E-state index contributed by atoms with van der Waals surface area (Å²) in [5.41, 5.74) is -0.0411. The van der Waals surface area contributed by atoms with Crippen LogP contribution in [0, 0.1) is 0 Å². The number of carbonyl (C=O) groups excluding carboxylic acids is 1. The molecule has 0 aliphatic carbocycles. The van der Waals surface area contributed by atoms with Crippen molar-refractivity contribution < 1.29 is 22.7 Å². The molecule has 0 N–H and O–H groups in total. The molecule has 14 heavy (non-hydrogen) atoms. The summed E-state index contributed by atoms with van der Waals surface area (Å²) >= 11 is 0. The van der Waals surface area contributed by atoms with Crippen LogP contribution in [0.3, 0.4) is 0 Å². The van der Waals surface area contributed by atoms with Crippen molar-refractivity contribution in [3.63, 3.8) is 0 Å². The molecule has 0 unspecified atom stereocenters. The summed E-state index contributed by atoms with van der Waals surface area (Å²) in [7, 11) is 0. The summed E-state index contributed by atoms with van der Waals surface area (Å²) in [6.45, 7) is -2.02. The predicted octanol–water partition coefficient (Wildman–Crippen LogP) is 2.41. The molecular formula is C9H7F3O2. The van der Waals surface area contributed by atoms with Crippen LogP contribution in [0.15, 0.2) is 30.3 Å². The van der Waals surface area contributed by atoms with E-state index < -0.39 is 18.8 Å². The molecule has 0 spiro atoms. The van der Waals surface area contributed by atoms with E-state index in [0.29, 0.717) is 0 Å². The van der Waals surface area contributed by atoms with E-state index in [1.807, 2.05) is 0 Å². The van der Waals surface area contributed by atoms with Gasteiger partial charge in [0, 0.05) is 0 Å². The first-order chi connectivity index (χ1) is 6.55. The van der Waals surface area contributed by atoms with Crippen molar-refractivity contribution in [1.82, 2.24) is 0 Å². The third kappa shape index (κ3) is 2.76. The maximum absolute atomic E-state index is 12.3. The molecule has 76 valence electrons. The summed E-state index contributed by atoms with van der Waals surface area (Å²) in [6.07, 6.45) is -4.05. The SMILES string of the molecule is O=C(OC(F)(F)CF)c1ccccc1. The monoisotopic (exact) mass is 204 g/mol. The van der Waals surface area contributed by atoms with Crippen LogP contribution in [0.1, 0.15) is 10.4 Å². The standard InChI is InChI=1S/C9H7F3O2/c10-6-9(11,12)14-8(13)7-4-2-1-3-5-7/h1-5H,6H2. The maximum Gasteiger partial charge on any atom is 0.429 e. The highest BCUT2D eigenvalue weighted by molar-refractivity contribution is 5.89. The zero-order valence-electron chi connectivity index (χ0n) is 7.04. The minimum absolute atomic E-state index is 0.0411. The first-order valence-electron chi connectivity index (χ1n) is 3.77. The van der Waals surface area contributed by atoms with Gasteiger partial charge in [0.2, 0.25) is 0 Å². The Morgan fingerprint density at radius 2 is 1.86 bits per heavy atom. The van der Waals surface area contributed by atoms with E-state index in [-0.39, 0.29) is 5.56 Å². The Labute approximate surface area is 78.3 Å². The van der Waals surface area contributed by atoms with Crippen molar-refractivity contribution in [2.75, 3.05) is 6.67 Å². The topological polar surface area (TPSA) is 26.3 Å². The summed E-state index contributed by atoms with van der Waals surface area (Å²) in [6, 6.07) is 7.20. The second kappa shape index (κ2) is 4.13. The van der Waals surface area contributed by atoms with Gasteiger partial charge in [-0.15, -0.1) is 0 Å². The first kappa shape index (κ1) is 10.6. The Morgan fingerprint density at radius 1 is 1.29 bits per heavy atom. The molecule has 1 rings (SSSR count). The van der Waals surface area contributed by atoms with Crippen LogP contribution in [0.5, 0.6) is 0 Å². The van der Waals surface area contributed by atoms with Gasteiger partial charge in [0.05, 0.1) is 5.56 Å². The highest BCUT2D eigenvalue weighted by Crippen LogP contribution is 2.17. The van der Waals surface area contributed by atoms with Gasteiger partial charge in [0.1, 0.15) is 0 Å². The molecule has 2 nitrogen and oxygen atoms in total. The highest BCUT2D eigenvalue weighted by Gasteiger charge is 2.34. The summed E-state index contributed by atoms with van der Waals surface area (Å²) < 4.78 is 39.8. The van der Waals surface area contributed by atoms with Crippen molar-refractivity contribution >= 4 is 5.97 Å². The molecule has 0 radical (unpaired) electrons. The van der Waals surface area contributed by atoms with Crippen LogP contribution < -0.4 is 0 Å². The van der Waals surface area contributed by atoms with Gasteiger partial charge >= 0.3 is 12.1 Å². The average Bonchev–Trinajstić information content (AvgIpc) is 2.19. The summed E-state index contributed by atoms with van der Waals surface area (Å²) in [4.78, 5) is 11.0. The number of carbonyl (C=O) groups is 1. The molecule has 0 amide bonds. The number of rotatable bonds is 3. The minimum Gasteiger partial charge on any atom is -0.395 e. The van der Waals surface area contributed by atoms with Crippen LogP contribution in [-0.2, 0) is 4.74 Å². The van der Waals surface area contributed by atoms with Gasteiger partial charge in [-0.2, -0.15) is 8.78 Å². The molecule has 5 heteroatoms. The third-order valence-electron chi connectivity index (χ3n) is 1.41. The number of ether oxygens (including phenoxy) is 1. The zero-order chi connectivity index (χ0) is 10.6. The normalized spacial score (nSPS) is 11.1. The zero-order valence-corrected chi connectivity index (χ0v) is 7.04. The smallest absolute Gasteiger partial charge is 0.395 e. The van der Waals surface area contributed by atoms with Crippen molar-refractivity contribution in [2.24, 2.45) is 0 Å². The summed E-state index contributed by atoms with van der Waals surface area (Å²) in [5, 5.41) is 0. The lowest BCUT2D eigenvalue weighted by molar-refractivity contribution is -0.209. The number of halogens is 3. The van der Waals surface area contributed by atoms with E-state index in [1.165, 1.54) is 24.3 Å². The Kier molecular flexibility index (Phi) is 3.11. The van der Waals surface area contributed by atoms with Crippen LogP contribution in [0.4, 0.5) is 13.2 Å². The number of hydrogen-bond donors (Lipinski definition) is 0. The molecule has 0 heterocycles. The molecule has 0 bridgehead atoms. The lowest BCUT2D eigenvalue weighted by Gasteiger charge is -2.12. The second-order valence-corrected chi connectivity index (χ2v) is 2.53.